The quantitative estimate of drug-likeness (QED) is 0.683. The zero-order valence-corrected chi connectivity index (χ0v) is 7.61. The fourth-order valence-corrected chi connectivity index (χ4v) is 0.843. The third kappa shape index (κ3) is 2.87. The Balaban J connectivity index is 2.30. The van der Waals surface area contributed by atoms with Gasteiger partial charge in [0.05, 0.1) is 19.9 Å². The minimum absolute atomic E-state index is 0.292. The first kappa shape index (κ1) is 9.73. The van der Waals surface area contributed by atoms with Gasteiger partial charge in [-0.2, -0.15) is 0 Å². The third-order valence-corrected chi connectivity index (χ3v) is 1.62. The fourth-order valence-electron chi connectivity index (χ4n) is 0.843. The van der Waals surface area contributed by atoms with E-state index in [0.29, 0.717) is 12.3 Å². The van der Waals surface area contributed by atoms with Crippen LogP contribution in [0.1, 0.15) is 12.7 Å². The molecule has 0 aliphatic carbocycles. The number of hydrogen-bond donors (Lipinski definition) is 1. The number of carbonyl (C=O) groups is 1. The van der Waals surface area contributed by atoms with Crippen molar-refractivity contribution >= 4 is 5.97 Å². The summed E-state index contributed by atoms with van der Waals surface area (Å²) in [5.41, 5.74) is 0. The zero-order chi connectivity index (χ0) is 9.68. The van der Waals surface area contributed by atoms with Crippen LogP contribution in [0.2, 0.25) is 0 Å². The Hall–Kier alpha value is -1.36. The van der Waals surface area contributed by atoms with Crippen molar-refractivity contribution in [2.24, 2.45) is 0 Å². The van der Waals surface area contributed by atoms with Gasteiger partial charge in [0, 0.05) is 0 Å². The molecule has 5 nitrogen and oxygen atoms in total. The molecule has 0 aromatic carbocycles. The Morgan fingerprint density at radius 3 is 3.15 bits per heavy atom. The van der Waals surface area contributed by atoms with E-state index in [1.54, 1.807) is 13.1 Å². The molecule has 0 spiro atoms. The first-order valence-electron chi connectivity index (χ1n) is 3.92. The van der Waals surface area contributed by atoms with Gasteiger partial charge >= 0.3 is 5.97 Å². The van der Waals surface area contributed by atoms with Gasteiger partial charge in [0.25, 0.3) is 0 Å². The van der Waals surface area contributed by atoms with Crippen LogP contribution in [0.25, 0.3) is 0 Å². The molecule has 0 saturated carbocycles. The van der Waals surface area contributed by atoms with Gasteiger partial charge in [0.1, 0.15) is 11.8 Å². The molecule has 0 aliphatic rings. The van der Waals surface area contributed by atoms with Gasteiger partial charge in [-0.15, -0.1) is 0 Å². The molecular formula is C8H12N2O3. The standard InChI is InChI=1S/C8H12N2O3/c1-6(8(11)12-2)10-4-7-3-9-5-13-7/h3,5-6,10H,4H2,1-2H3. The first-order valence-corrected chi connectivity index (χ1v) is 3.92. The Morgan fingerprint density at radius 2 is 2.62 bits per heavy atom. The smallest absolute Gasteiger partial charge is 0.322 e. The summed E-state index contributed by atoms with van der Waals surface area (Å²) in [5.74, 6) is 0.398. The van der Waals surface area contributed by atoms with Gasteiger partial charge in [-0.05, 0) is 6.92 Å². The number of esters is 1. The lowest BCUT2D eigenvalue weighted by atomic mass is 10.3. The molecule has 1 aromatic rings. The maximum Gasteiger partial charge on any atom is 0.322 e. The number of ether oxygens (including phenoxy) is 1. The van der Waals surface area contributed by atoms with Crippen LogP contribution in [-0.4, -0.2) is 24.1 Å². The van der Waals surface area contributed by atoms with E-state index >= 15 is 0 Å². The zero-order valence-electron chi connectivity index (χ0n) is 7.61. The monoisotopic (exact) mass is 184 g/mol. The van der Waals surface area contributed by atoms with E-state index in [1.165, 1.54) is 13.5 Å². The highest BCUT2D eigenvalue weighted by molar-refractivity contribution is 5.74. The van der Waals surface area contributed by atoms with Crippen LogP contribution in [0.15, 0.2) is 17.0 Å². The van der Waals surface area contributed by atoms with E-state index in [9.17, 15) is 4.79 Å². The average Bonchev–Trinajstić information content (AvgIpc) is 2.65. The summed E-state index contributed by atoms with van der Waals surface area (Å²) in [5, 5.41) is 2.93. The highest BCUT2D eigenvalue weighted by Gasteiger charge is 2.12. The minimum Gasteiger partial charge on any atom is -0.468 e. The predicted molar refractivity (Wildman–Crippen MR) is 44.8 cm³/mol. The number of hydrogen-bond acceptors (Lipinski definition) is 5. The molecule has 0 saturated heterocycles. The van der Waals surface area contributed by atoms with Crippen molar-refractivity contribution in [2.45, 2.75) is 19.5 Å². The lowest BCUT2D eigenvalue weighted by molar-refractivity contribution is -0.142. The molecule has 0 bridgehead atoms. The van der Waals surface area contributed by atoms with Crippen molar-refractivity contribution in [1.29, 1.82) is 0 Å². The summed E-state index contributed by atoms with van der Waals surface area (Å²) in [6.07, 6.45) is 2.94. The molecule has 5 heteroatoms. The van der Waals surface area contributed by atoms with Crippen molar-refractivity contribution < 1.29 is 13.9 Å². The highest BCUT2D eigenvalue weighted by Crippen LogP contribution is 1.96. The molecule has 1 unspecified atom stereocenters. The molecular weight excluding hydrogens is 172 g/mol. The summed E-state index contributed by atoms with van der Waals surface area (Å²) < 4.78 is 9.51. The van der Waals surface area contributed by atoms with Gasteiger partial charge in [0.2, 0.25) is 0 Å². The molecule has 1 atom stereocenters. The molecule has 1 rings (SSSR count). The highest BCUT2D eigenvalue weighted by atomic mass is 16.5. The Morgan fingerprint density at radius 1 is 1.85 bits per heavy atom. The molecule has 0 aliphatic heterocycles. The molecule has 13 heavy (non-hydrogen) atoms. The second kappa shape index (κ2) is 4.61. The van der Waals surface area contributed by atoms with Crippen LogP contribution in [-0.2, 0) is 16.1 Å². The van der Waals surface area contributed by atoms with Crippen molar-refractivity contribution in [2.75, 3.05) is 7.11 Å². The number of carbonyl (C=O) groups excluding carboxylic acids is 1. The number of methoxy groups -OCH3 is 1. The summed E-state index contributed by atoms with van der Waals surface area (Å²) in [7, 11) is 1.36. The number of rotatable bonds is 4. The SMILES string of the molecule is COC(=O)C(C)NCc1cnco1. The second-order valence-corrected chi connectivity index (χ2v) is 2.59. The number of nitrogens with zero attached hydrogens (tertiary/aromatic N) is 1. The summed E-state index contributed by atoms with van der Waals surface area (Å²) in [6.45, 7) is 2.19. The van der Waals surface area contributed by atoms with Crippen molar-refractivity contribution in [3.8, 4) is 0 Å². The van der Waals surface area contributed by atoms with Gasteiger partial charge < -0.3 is 9.15 Å². The average molecular weight is 184 g/mol. The fraction of sp³-hybridized carbons (Fsp3) is 0.500. The van der Waals surface area contributed by atoms with Crippen molar-refractivity contribution in [1.82, 2.24) is 10.3 Å². The lowest BCUT2D eigenvalue weighted by Crippen LogP contribution is -2.34. The van der Waals surface area contributed by atoms with Crippen LogP contribution in [0.4, 0.5) is 0 Å². The topological polar surface area (TPSA) is 64.4 Å². The molecule has 0 fully saturated rings. The van der Waals surface area contributed by atoms with Crippen LogP contribution >= 0.6 is 0 Å². The van der Waals surface area contributed by atoms with Crippen LogP contribution in [0.3, 0.4) is 0 Å². The van der Waals surface area contributed by atoms with E-state index in [2.05, 4.69) is 15.0 Å². The maximum atomic E-state index is 10.9. The van der Waals surface area contributed by atoms with Crippen LogP contribution in [0, 0.1) is 0 Å². The van der Waals surface area contributed by atoms with E-state index in [0.717, 1.165) is 0 Å². The van der Waals surface area contributed by atoms with E-state index in [1.807, 2.05) is 0 Å². The summed E-state index contributed by atoms with van der Waals surface area (Å²) in [4.78, 5) is 14.7. The normalized spacial score (nSPS) is 12.5. The molecule has 1 heterocycles. The molecule has 1 aromatic heterocycles. The molecule has 1 N–H and O–H groups in total. The van der Waals surface area contributed by atoms with Gasteiger partial charge in [-0.25, -0.2) is 4.98 Å². The largest absolute Gasteiger partial charge is 0.468 e. The predicted octanol–water partition coefficient (Wildman–Crippen LogP) is 0.326. The lowest BCUT2D eigenvalue weighted by Gasteiger charge is -2.09. The van der Waals surface area contributed by atoms with Gasteiger partial charge in [-0.3, -0.25) is 10.1 Å². The van der Waals surface area contributed by atoms with Crippen LogP contribution in [0.5, 0.6) is 0 Å². The van der Waals surface area contributed by atoms with Crippen LogP contribution < -0.4 is 5.32 Å². The first-order chi connectivity index (χ1) is 6.24. The van der Waals surface area contributed by atoms with E-state index in [-0.39, 0.29) is 12.0 Å². The Labute approximate surface area is 76.1 Å². The van der Waals surface area contributed by atoms with E-state index < -0.39 is 0 Å². The molecule has 0 amide bonds. The summed E-state index contributed by atoms with van der Waals surface area (Å²) in [6, 6.07) is -0.338. The molecule has 0 radical (unpaired) electrons. The summed E-state index contributed by atoms with van der Waals surface area (Å²) >= 11 is 0. The van der Waals surface area contributed by atoms with Gasteiger partial charge in [-0.1, -0.05) is 0 Å². The Bertz CT molecular complexity index is 258. The van der Waals surface area contributed by atoms with Crippen molar-refractivity contribution in [3.05, 3.63) is 18.4 Å². The van der Waals surface area contributed by atoms with Crippen molar-refractivity contribution in [3.63, 3.8) is 0 Å². The Kier molecular flexibility index (Phi) is 3.45. The third-order valence-electron chi connectivity index (χ3n) is 1.62. The molecule has 72 valence electrons. The second-order valence-electron chi connectivity index (χ2n) is 2.59. The number of nitrogens with one attached hydrogen (secondary N) is 1. The number of aromatic nitrogens is 1. The van der Waals surface area contributed by atoms with E-state index in [4.69, 9.17) is 4.42 Å². The maximum absolute atomic E-state index is 10.9. The van der Waals surface area contributed by atoms with Gasteiger partial charge in [0.15, 0.2) is 6.39 Å². The number of oxazole rings is 1. The minimum atomic E-state index is -0.338.